The molecule has 0 aliphatic heterocycles. The van der Waals surface area contributed by atoms with Gasteiger partial charge in [0.1, 0.15) is 18.2 Å². The molecule has 3 heterocycles. The third-order valence-corrected chi connectivity index (χ3v) is 7.44. The van der Waals surface area contributed by atoms with Crippen molar-refractivity contribution in [1.29, 1.82) is 0 Å². The van der Waals surface area contributed by atoms with Gasteiger partial charge in [-0.15, -0.1) is 0 Å². The lowest BCUT2D eigenvalue weighted by atomic mass is 10.1. The van der Waals surface area contributed by atoms with Crippen LogP contribution >= 0.6 is 0 Å². The summed E-state index contributed by atoms with van der Waals surface area (Å²) in [7, 11) is 0.393. The molecule has 0 aliphatic carbocycles. The molecule has 4 rings (SSSR count). The highest BCUT2D eigenvalue weighted by Gasteiger charge is 2.20. The number of fused-ring (bicyclic) bond motifs is 1. The Balaban J connectivity index is 1.78. The van der Waals surface area contributed by atoms with E-state index >= 15 is 0 Å². The molecule has 188 valence electrons. The van der Waals surface area contributed by atoms with Gasteiger partial charge in [0.25, 0.3) is 0 Å². The van der Waals surface area contributed by atoms with E-state index < -0.39 is 20.1 Å². The van der Waals surface area contributed by atoms with E-state index in [0.717, 1.165) is 17.0 Å². The van der Waals surface area contributed by atoms with Crippen molar-refractivity contribution in [2.45, 2.75) is 38.5 Å². The van der Waals surface area contributed by atoms with E-state index in [-0.39, 0.29) is 12.4 Å². The number of aliphatic hydroxyl groups is 1. The standard InChI is InChI=1S/C26H30N4O5Si/c1-34-22-11-6-5-8-18(22)23-19-14-17(20-9-7-10-21(28-20)24(31)26(32)33)15-27-25(19)30(29-23)16-35-12-13-36(2,3)4/h5-11,14-15,24,31H,12-13,16H2,1-4H3,(H,32,33). The minimum absolute atomic E-state index is 0.0524. The molecule has 1 unspecified atom stereocenters. The van der Waals surface area contributed by atoms with Gasteiger partial charge in [0.05, 0.1) is 18.5 Å². The van der Waals surface area contributed by atoms with Crippen molar-refractivity contribution in [2.24, 2.45) is 0 Å². The van der Waals surface area contributed by atoms with E-state index in [1.807, 2.05) is 30.3 Å². The number of hydrogen-bond acceptors (Lipinski definition) is 7. The number of pyridine rings is 2. The van der Waals surface area contributed by atoms with Gasteiger partial charge in [0.15, 0.2) is 11.8 Å². The van der Waals surface area contributed by atoms with Crippen LogP contribution in [0.5, 0.6) is 5.75 Å². The molecular weight excluding hydrogens is 476 g/mol. The second-order valence-electron chi connectivity index (χ2n) is 9.68. The number of para-hydroxylation sites is 1. The Morgan fingerprint density at radius 3 is 2.64 bits per heavy atom. The molecule has 1 atom stereocenters. The number of aliphatic carboxylic acids is 1. The highest BCUT2D eigenvalue weighted by molar-refractivity contribution is 6.76. The Bertz CT molecular complexity index is 1380. The number of rotatable bonds is 10. The van der Waals surface area contributed by atoms with E-state index in [1.54, 1.807) is 30.1 Å². The first-order valence-corrected chi connectivity index (χ1v) is 15.3. The number of methoxy groups -OCH3 is 1. The van der Waals surface area contributed by atoms with Gasteiger partial charge in [-0.2, -0.15) is 5.10 Å². The third kappa shape index (κ3) is 5.62. The number of carboxylic acids is 1. The maximum Gasteiger partial charge on any atom is 0.338 e. The van der Waals surface area contributed by atoms with Gasteiger partial charge in [-0.05, 0) is 36.4 Å². The zero-order valence-corrected chi connectivity index (χ0v) is 21.8. The van der Waals surface area contributed by atoms with Crippen molar-refractivity contribution >= 4 is 25.1 Å². The number of hydrogen-bond donors (Lipinski definition) is 2. The number of benzene rings is 1. The number of carboxylic acid groups (broad SMARTS) is 1. The van der Waals surface area contributed by atoms with Gasteiger partial charge in [0.2, 0.25) is 0 Å². The first kappa shape index (κ1) is 25.5. The van der Waals surface area contributed by atoms with E-state index in [2.05, 4.69) is 29.6 Å². The number of aromatic nitrogens is 4. The SMILES string of the molecule is COc1ccccc1-c1nn(COCC[Si](C)(C)C)c2ncc(-c3cccc(C(O)C(=O)O)n3)cc12. The minimum atomic E-state index is -1.71. The summed E-state index contributed by atoms with van der Waals surface area (Å²) in [4.78, 5) is 20.2. The van der Waals surface area contributed by atoms with Gasteiger partial charge in [-0.3, -0.25) is 0 Å². The summed E-state index contributed by atoms with van der Waals surface area (Å²) in [6.07, 6.45) is -0.0461. The van der Waals surface area contributed by atoms with E-state index in [9.17, 15) is 9.90 Å². The topological polar surface area (TPSA) is 120 Å². The van der Waals surface area contributed by atoms with Crippen LogP contribution in [0.3, 0.4) is 0 Å². The number of ether oxygens (including phenoxy) is 2. The molecular formula is C26H30N4O5Si. The van der Waals surface area contributed by atoms with Crippen LogP contribution < -0.4 is 4.74 Å². The van der Waals surface area contributed by atoms with Crippen molar-refractivity contribution in [3.8, 4) is 28.3 Å². The number of nitrogens with zero attached hydrogens (tertiary/aromatic N) is 4. The Labute approximate surface area is 210 Å². The summed E-state index contributed by atoms with van der Waals surface area (Å²) in [6.45, 7) is 7.84. The largest absolute Gasteiger partial charge is 0.496 e. The summed E-state index contributed by atoms with van der Waals surface area (Å²) in [5.41, 5.74) is 3.36. The molecule has 0 fully saturated rings. The summed E-state index contributed by atoms with van der Waals surface area (Å²) in [5.74, 6) is -0.680. The van der Waals surface area contributed by atoms with Crippen LogP contribution in [0.1, 0.15) is 11.8 Å². The summed E-state index contributed by atoms with van der Waals surface area (Å²) in [6, 6.07) is 15.5. The Morgan fingerprint density at radius 2 is 1.92 bits per heavy atom. The van der Waals surface area contributed by atoms with Crippen LogP contribution in [-0.4, -0.2) is 57.7 Å². The lowest BCUT2D eigenvalue weighted by Gasteiger charge is -2.15. The van der Waals surface area contributed by atoms with Gasteiger partial charge < -0.3 is 19.7 Å². The maximum atomic E-state index is 11.2. The second-order valence-corrected chi connectivity index (χ2v) is 15.3. The van der Waals surface area contributed by atoms with Gasteiger partial charge in [-0.1, -0.05) is 37.8 Å². The lowest BCUT2D eigenvalue weighted by Crippen LogP contribution is -2.22. The first-order valence-electron chi connectivity index (χ1n) is 11.6. The van der Waals surface area contributed by atoms with Crippen molar-refractivity contribution in [3.63, 3.8) is 0 Å². The molecule has 0 spiro atoms. The molecule has 9 nitrogen and oxygen atoms in total. The zero-order valence-electron chi connectivity index (χ0n) is 20.8. The summed E-state index contributed by atoms with van der Waals surface area (Å²) < 4.78 is 13.3. The van der Waals surface area contributed by atoms with E-state index in [1.165, 1.54) is 6.07 Å². The monoisotopic (exact) mass is 506 g/mol. The molecule has 4 aromatic rings. The molecule has 0 bridgehead atoms. The smallest absolute Gasteiger partial charge is 0.338 e. The fourth-order valence-corrected chi connectivity index (χ4v) is 4.51. The highest BCUT2D eigenvalue weighted by Crippen LogP contribution is 2.35. The molecule has 1 aromatic carbocycles. The molecule has 36 heavy (non-hydrogen) atoms. The maximum absolute atomic E-state index is 11.2. The Morgan fingerprint density at radius 1 is 1.14 bits per heavy atom. The Kier molecular flexibility index (Phi) is 7.48. The Hall–Kier alpha value is -3.60. The predicted molar refractivity (Wildman–Crippen MR) is 139 cm³/mol. The first-order chi connectivity index (χ1) is 17.2. The second kappa shape index (κ2) is 10.6. The predicted octanol–water partition coefficient (Wildman–Crippen LogP) is 4.60. The molecule has 0 saturated heterocycles. The average molecular weight is 507 g/mol. The lowest BCUT2D eigenvalue weighted by molar-refractivity contribution is -0.147. The van der Waals surface area contributed by atoms with Gasteiger partial charge in [-0.25, -0.2) is 19.4 Å². The quantitative estimate of drug-likeness (QED) is 0.237. The van der Waals surface area contributed by atoms with Crippen molar-refractivity contribution in [2.75, 3.05) is 13.7 Å². The summed E-state index contributed by atoms with van der Waals surface area (Å²) in [5, 5.41) is 24.7. The van der Waals surface area contributed by atoms with Crippen LogP contribution in [0.15, 0.2) is 54.7 Å². The third-order valence-electron chi connectivity index (χ3n) is 5.74. The molecule has 0 radical (unpaired) electrons. The van der Waals surface area contributed by atoms with Crippen LogP contribution in [0.4, 0.5) is 0 Å². The van der Waals surface area contributed by atoms with Crippen molar-refractivity contribution in [3.05, 3.63) is 60.4 Å². The number of carbonyl (C=O) groups is 1. The van der Waals surface area contributed by atoms with Crippen LogP contribution in [0, 0.1) is 0 Å². The fraction of sp³-hybridized carbons (Fsp3) is 0.308. The highest BCUT2D eigenvalue weighted by atomic mass is 28.3. The summed E-state index contributed by atoms with van der Waals surface area (Å²) >= 11 is 0. The fourth-order valence-electron chi connectivity index (χ4n) is 3.75. The molecule has 0 amide bonds. The van der Waals surface area contributed by atoms with Crippen LogP contribution in [0.2, 0.25) is 25.7 Å². The minimum Gasteiger partial charge on any atom is -0.496 e. The number of aliphatic hydroxyl groups excluding tert-OH is 1. The average Bonchev–Trinajstić information content (AvgIpc) is 3.23. The van der Waals surface area contributed by atoms with E-state index in [0.29, 0.717) is 35.0 Å². The normalized spacial score (nSPS) is 12.6. The molecule has 2 N–H and O–H groups in total. The van der Waals surface area contributed by atoms with Crippen LogP contribution in [-0.2, 0) is 16.3 Å². The van der Waals surface area contributed by atoms with Crippen molar-refractivity contribution in [1.82, 2.24) is 19.7 Å². The molecule has 0 aliphatic rings. The van der Waals surface area contributed by atoms with Crippen molar-refractivity contribution < 1.29 is 24.5 Å². The van der Waals surface area contributed by atoms with Crippen LogP contribution in [0.25, 0.3) is 33.5 Å². The molecule has 0 saturated carbocycles. The van der Waals surface area contributed by atoms with E-state index in [4.69, 9.17) is 19.7 Å². The molecule has 3 aromatic heterocycles. The van der Waals surface area contributed by atoms with Gasteiger partial charge >= 0.3 is 5.97 Å². The zero-order chi connectivity index (χ0) is 25.9. The van der Waals surface area contributed by atoms with Gasteiger partial charge in [0, 0.05) is 37.4 Å². The molecule has 10 heteroatoms.